The molecule has 1 aromatic rings. The number of aliphatic hydroxyl groups is 1. The number of hydrogen-bond acceptors (Lipinski definition) is 5. The third-order valence-electron chi connectivity index (χ3n) is 3.69. The zero-order valence-corrected chi connectivity index (χ0v) is 10.9. The van der Waals surface area contributed by atoms with Crippen LogP contribution in [-0.4, -0.2) is 16.0 Å². The Balaban J connectivity index is 2.13. The molecule has 4 nitrogen and oxygen atoms in total. The van der Waals surface area contributed by atoms with Crippen molar-refractivity contribution in [3.8, 4) is 0 Å². The third-order valence-corrected chi connectivity index (χ3v) is 4.86. The van der Waals surface area contributed by atoms with E-state index >= 15 is 0 Å². The van der Waals surface area contributed by atoms with E-state index in [9.17, 15) is 5.11 Å². The number of amidine groups is 1. The molecule has 0 saturated heterocycles. The Morgan fingerprint density at radius 3 is 3.06 bits per heavy atom. The lowest BCUT2D eigenvalue weighted by molar-refractivity contribution is 0.0493. The van der Waals surface area contributed by atoms with E-state index < -0.39 is 6.23 Å². The van der Waals surface area contributed by atoms with Crippen LogP contribution in [0.15, 0.2) is 4.99 Å². The minimum Gasteiger partial charge on any atom is -0.368 e. The molecule has 0 bridgehead atoms. The summed E-state index contributed by atoms with van der Waals surface area (Å²) in [6.45, 7) is 4.11. The first-order chi connectivity index (χ1) is 8.08. The summed E-state index contributed by atoms with van der Waals surface area (Å²) in [6.07, 6.45) is 2.62. The van der Waals surface area contributed by atoms with Crippen LogP contribution in [0.1, 0.15) is 42.5 Å². The molecule has 2 aliphatic rings. The van der Waals surface area contributed by atoms with E-state index in [1.165, 1.54) is 21.9 Å². The second kappa shape index (κ2) is 3.80. The van der Waals surface area contributed by atoms with Crippen LogP contribution in [-0.2, 0) is 12.8 Å². The van der Waals surface area contributed by atoms with Crippen LogP contribution in [0.2, 0.25) is 0 Å². The van der Waals surface area contributed by atoms with E-state index in [1.54, 1.807) is 11.3 Å². The molecule has 0 saturated carbocycles. The van der Waals surface area contributed by atoms with Gasteiger partial charge in [-0.2, -0.15) is 0 Å². The monoisotopic (exact) mass is 251 g/mol. The predicted octanol–water partition coefficient (Wildman–Crippen LogP) is 2.10. The maximum Gasteiger partial charge on any atom is 0.171 e. The minimum atomic E-state index is -0.726. The Hall–Kier alpha value is -0.910. The summed E-state index contributed by atoms with van der Waals surface area (Å²) in [6, 6.07) is 0. The number of nitrogens with zero attached hydrogens (tertiary/aromatic N) is 2. The average molecular weight is 251 g/mol. The van der Waals surface area contributed by atoms with Crippen molar-refractivity contribution in [2.24, 2.45) is 16.8 Å². The molecule has 92 valence electrons. The lowest BCUT2D eigenvalue weighted by Gasteiger charge is -2.29. The van der Waals surface area contributed by atoms with Crippen molar-refractivity contribution in [1.29, 1.82) is 0 Å². The van der Waals surface area contributed by atoms with E-state index in [1.807, 2.05) is 6.92 Å². The Bertz CT molecular complexity index is 494. The zero-order chi connectivity index (χ0) is 12.2. The number of aliphatic imine (C=N–C) groups is 1. The number of nitrogens with two attached hydrogens (primary N) is 1. The van der Waals surface area contributed by atoms with Gasteiger partial charge in [-0.3, -0.25) is 5.01 Å². The summed E-state index contributed by atoms with van der Waals surface area (Å²) in [5, 5.41) is 12.5. The molecule has 0 aromatic carbocycles. The Morgan fingerprint density at radius 2 is 2.29 bits per heavy atom. The molecule has 2 heterocycles. The highest BCUT2D eigenvalue weighted by Gasteiger charge is 2.32. The molecule has 0 fully saturated rings. The summed E-state index contributed by atoms with van der Waals surface area (Å²) < 4.78 is 0. The zero-order valence-electron chi connectivity index (χ0n) is 10.1. The average Bonchev–Trinajstić information content (AvgIpc) is 2.63. The highest BCUT2D eigenvalue weighted by atomic mass is 32.1. The van der Waals surface area contributed by atoms with Gasteiger partial charge in [0.25, 0.3) is 0 Å². The first kappa shape index (κ1) is 11.2. The quantitative estimate of drug-likeness (QED) is 0.694. The Labute approximate surface area is 105 Å². The first-order valence-electron chi connectivity index (χ1n) is 5.99. The van der Waals surface area contributed by atoms with Crippen LogP contribution in [0.3, 0.4) is 0 Å². The normalized spacial score (nSPS) is 27.5. The number of thiophene rings is 1. The van der Waals surface area contributed by atoms with Gasteiger partial charge in [0.15, 0.2) is 6.23 Å². The summed E-state index contributed by atoms with van der Waals surface area (Å²) in [5.74, 6) is 7.23. The van der Waals surface area contributed by atoms with Gasteiger partial charge in [0, 0.05) is 10.4 Å². The van der Waals surface area contributed by atoms with Crippen molar-refractivity contribution in [3.63, 3.8) is 0 Å². The summed E-state index contributed by atoms with van der Waals surface area (Å²) in [5.41, 5.74) is 2.24. The van der Waals surface area contributed by atoms with E-state index in [0.717, 1.165) is 29.3 Å². The van der Waals surface area contributed by atoms with Gasteiger partial charge in [0.2, 0.25) is 0 Å². The van der Waals surface area contributed by atoms with Crippen molar-refractivity contribution in [3.05, 3.63) is 16.0 Å². The number of hydrazine groups is 1. The Kier molecular flexibility index (Phi) is 2.50. The topological polar surface area (TPSA) is 61.9 Å². The third kappa shape index (κ3) is 1.61. The maximum absolute atomic E-state index is 10.2. The number of fused-ring (bicyclic) bond motifs is 3. The lowest BCUT2D eigenvalue weighted by Crippen LogP contribution is -2.41. The van der Waals surface area contributed by atoms with Gasteiger partial charge < -0.3 is 5.11 Å². The van der Waals surface area contributed by atoms with E-state index in [0.29, 0.717) is 5.84 Å². The molecule has 1 aliphatic carbocycles. The summed E-state index contributed by atoms with van der Waals surface area (Å²) in [7, 11) is 0. The van der Waals surface area contributed by atoms with Gasteiger partial charge in [-0.25, -0.2) is 10.8 Å². The molecule has 0 radical (unpaired) electrons. The molecule has 0 amide bonds. The predicted molar refractivity (Wildman–Crippen MR) is 69.3 cm³/mol. The van der Waals surface area contributed by atoms with Crippen molar-refractivity contribution in [2.45, 2.75) is 39.3 Å². The molecule has 3 N–H and O–H groups in total. The molecule has 5 heteroatoms. The molecule has 0 unspecified atom stereocenters. The van der Waals surface area contributed by atoms with Crippen molar-refractivity contribution in [2.75, 3.05) is 0 Å². The first-order valence-corrected chi connectivity index (χ1v) is 6.81. The van der Waals surface area contributed by atoms with Gasteiger partial charge in [-0.15, -0.1) is 11.3 Å². The van der Waals surface area contributed by atoms with Crippen LogP contribution in [0.4, 0.5) is 5.00 Å². The fourth-order valence-electron chi connectivity index (χ4n) is 2.63. The smallest absolute Gasteiger partial charge is 0.171 e. The number of aliphatic hydroxyl groups excluding tert-OH is 1. The van der Waals surface area contributed by atoms with Gasteiger partial charge in [-0.1, -0.05) is 6.92 Å². The van der Waals surface area contributed by atoms with Crippen molar-refractivity contribution >= 4 is 22.2 Å². The van der Waals surface area contributed by atoms with E-state index in [-0.39, 0.29) is 0 Å². The second-order valence-electron chi connectivity index (χ2n) is 5.01. The van der Waals surface area contributed by atoms with E-state index in [2.05, 4.69) is 11.9 Å². The minimum absolute atomic E-state index is 0.677. The highest BCUT2D eigenvalue weighted by Crippen LogP contribution is 2.46. The van der Waals surface area contributed by atoms with Crippen molar-refractivity contribution in [1.82, 2.24) is 5.01 Å². The molecule has 0 spiro atoms. The summed E-state index contributed by atoms with van der Waals surface area (Å²) in [4.78, 5) is 5.87. The van der Waals surface area contributed by atoms with Crippen LogP contribution in [0.5, 0.6) is 0 Å². The second-order valence-corrected chi connectivity index (χ2v) is 6.09. The number of rotatable bonds is 0. The van der Waals surface area contributed by atoms with Crippen LogP contribution >= 0.6 is 11.3 Å². The molecule has 17 heavy (non-hydrogen) atoms. The largest absolute Gasteiger partial charge is 0.368 e. The van der Waals surface area contributed by atoms with Gasteiger partial charge in [0.05, 0.1) is 0 Å². The molecule has 1 aliphatic heterocycles. The maximum atomic E-state index is 10.2. The molecule has 3 rings (SSSR count). The molecule has 1 aromatic heterocycles. The van der Waals surface area contributed by atoms with Gasteiger partial charge in [-0.05, 0) is 37.7 Å². The van der Waals surface area contributed by atoms with Gasteiger partial charge in [0.1, 0.15) is 10.8 Å². The lowest BCUT2D eigenvalue weighted by atomic mass is 9.88. The number of hydrogen-bond donors (Lipinski definition) is 2. The SMILES string of the molecule is CC1=Nc2sc3c(c2[C@@H](O)N1N)CC[C@H](C)C3. The van der Waals surface area contributed by atoms with Crippen molar-refractivity contribution < 1.29 is 5.11 Å². The van der Waals surface area contributed by atoms with Crippen LogP contribution in [0, 0.1) is 5.92 Å². The van der Waals surface area contributed by atoms with E-state index in [4.69, 9.17) is 5.84 Å². The standard InChI is InChI=1S/C12H17N3OS/c1-6-3-4-8-9(5-6)17-11-10(8)12(16)15(13)7(2)14-11/h6,12,16H,3-5,13H2,1-2H3/t6-,12+/m0/s1. The molecular weight excluding hydrogens is 234 g/mol. The fraction of sp³-hybridized carbons (Fsp3) is 0.583. The molecule has 2 atom stereocenters. The summed E-state index contributed by atoms with van der Waals surface area (Å²) >= 11 is 1.72. The highest BCUT2D eigenvalue weighted by molar-refractivity contribution is 7.16. The Morgan fingerprint density at radius 1 is 1.53 bits per heavy atom. The van der Waals surface area contributed by atoms with Crippen LogP contribution < -0.4 is 5.84 Å². The fourth-order valence-corrected chi connectivity index (χ4v) is 4.08. The van der Waals surface area contributed by atoms with Crippen LogP contribution in [0.25, 0.3) is 0 Å². The van der Waals surface area contributed by atoms with Gasteiger partial charge >= 0.3 is 0 Å². The molecular formula is C12H17N3OS.